The fourth-order valence-electron chi connectivity index (χ4n) is 2.80. The van der Waals surface area contributed by atoms with E-state index in [0.29, 0.717) is 13.1 Å². The highest BCUT2D eigenvalue weighted by Crippen LogP contribution is 2.24. The lowest BCUT2D eigenvalue weighted by Crippen LogP contribution is -2.38. The second kappa shape index (κ2) is 7.02. The van der Waals surface area contributed by atoms with Crippen molar-refractivity contribution in [3.63, 3.8) is 0 Å². The molecule has 1 aliphatic rings. The maximum atomic E-state index is 12.3. The lowest BCUT2D eigenvalue weighted by Gasteiger charge is -2.26. The minimum Gasteiger partial charge on any atom is -0.452 e. The van der Waals surface area contributed by atoms with E-state index < -0.39 is 10.9 Å². The van der Waals surface area contributed by atoms with Crippen LogP contribution in [0.1, 0.15) is 26.4 Å². The Balaban J connectivity index is 1.62. The fourth-order valence-corrected chi connectivity index (χ4v) is 3.69. The zero-order valence-electron chi connectivity index (χ0n) is 13.6. The van der Waals surface area contributed by atoms with Gasteiger partial charge in [0.15, 0.2) is 6.61 Å². The Morgan fingerprint density at radius 2 is 2.16 bits per heavy atom. The third-order valence-corrected chi connectivity index (χ3v) is 5.23. The molecule has 0 saturated heterocycles. The molecular formula is C17H16N2O5S. The summed E-state index contributed by atoms with van der Waals surface area (Å²) < 4.78 is 5.08. The second-order valence-corrected chi connectivity index (χ2v) is 6.72. The molecule has 1 aliphatic heterocycles. The van der Waals surface area contributed by atoms with Gasteiger partial charge >= 0.3 is 5.97 Å². The van der Waals surface area contributed by atoms with Gasteiger partial charge in [-0.05, 0) is 36.4 Å². The van der Waals surface area contributed by atoms with Gasteiger partial charge < -0.3 is 9.64 Å². The van der Waals surface area contributed by atoms with Crippen LogP contribution in [0.25, 0.3) is 0 Å². The quantitative estimate of drug-likeness (QED) is 0.475. The molecule has 0 spiro atoms. The number of benzene rings is 1. The molecule has 0 aliphatic carbocycles. The number of fused-ring (bicyclic) bond motifs is 1. The first-order valence-electron chi connectivity index (χ1n) is 7.71. The molecule has 25 heavy (non-hydrogen) atoms. The van der Waals surface area contributed by atoms with Crippen LogP contribution < -0.4 is 0 Å². The van der Waals surface area contributed by atoms with Gasteiger partial charge in [0.2, 0.25) is 0 Å². The summed E-state index contributed by atoms with van der Waals surface area (Å²) >= 11 is 1.68. The number of nitro groups is 1. The standard InChI is InChI=1S/C17H16N2O5S/c1-11-13(3-2-4-14(11)19(22)23)17(21)24-10-16(20)18-7-5-15-12(9-18)6-8-25-15/h2-4,6,8H,5,7,9-10H2,1H3. The molecule has 0 bridgehead atoms. The molecule has 0 atom stereocenters. The summed E-state index contributed by atoms with van der Waals surface area (Å²) in [5.74, 6) is -1.00. The molecule has 8 heteroatoms. The van der Waals surface area contributed by atoms with Crippen molar-refractivity contribution in [1.29, 1.82) is 0 Å². The van der Waals surface area contributed by atoms with Crippen molar-refractivity contribution in [2.45, 2.75) is 19.9 Å². The van der Waals surface area contributed by atoms with Crippen LogP contribution in [-0.4, -0.2) is 34.9 Å². The molecule has 130 valence electrons. The van der Waals surface area contributed by atoms with Crippen LogP contribution in [-0.2, 0) is 22.5 Å². The van der Waals surface area contributed by atoms with Gasteiger partial charge in [-0.15, -0.1) is 11.3 Å². The van der Waals surface area contributed by atoms with E-state index >= 15 is 0 Å². The average Bonchev–Trinajstić information content (AvgIpc) is 3.06. The molecule has 0 fully saturated rings. The van der Waals surface area contributed by atoms with E-state index in [-0.39, 0.29) is 29.3 Å². The van der Waals surface area contributed by atoms with Crippen molar-refractivity contribution in [3.05, 3.63) is 61.3 Å². The normalized spacial score (nSPS) is 13.2. The SMILES string of the molecule is Cc1c(C(=O)OCC(=O)N2CCc3sccc3C2)cccc1[N+](=O)[O-]. The highest BCUT2D eigenvalue weighted by atomic mass is 32.1. The number of ether oxygens (including phenoxy) is 1. The first-order chi connectivity index (χ1) is 12.0. The number of thiophene rings is 1. The van der Waals surface area contributed by atoms with Crippen molar-refractivity contribution < 1.29 is 19.2 Å². The van der Waals surface area contributed by atoms with Crippen LogP contribution in [0.2, 0.25) is 0 Å². The van der Waals surface area contributed by atoms with Crippen molar-refractivity contribution in [2.75, 3.05) is 13.2 Å². The number of amides is 1. The number of hydrogen-bond acceptors (Lipinski definition) is 6. The highest BCUT2D eigenvalue weighted by molar-refractivity contribution is 7.10. The van der Waals surface area contributed by atoms with Gasteiger partial charge in [0.05, 0.1) is 10.5 Å². The molecule has 0 unspecified atom stereocenters. The zero-order chi connectivity index (χ0) is 18.0. The summed E-state index contributed by atoms with van der Waals surface area (Å²) in [6.45, 7) is 2.23. The second-order valence-electron chi connectivity index (χ2n) is 5.72. The van der Waals surface area contributed by atoms with Gasteiger partial charge in [0, 0.05) is 29.6 Å². The Kier molecular flexibility index (Phi) is 4.80. The van der Waals surface area contributed by atoms with Crippen LogP contribution in [0, 0.1) is 17.0 Å². The number of esters is 1. The minimum absolute atomic E-state index is 0.0979. The Morgan fingerprint density at radius 3 is 2.92 bits per heavy atom. The highest BCUT2D eigenvalue weighted by Gasteiger charge is 2.24. The molecule has 0 radical (unpaired) electrons. The smallest absolute Gasteiger partial charge is 0.339 e. The van der Waals surface area contributed by atoms with Crippen molar-refractivity contribution in [3.8, 4) is 0 Å². The summed E-state index contributed by atoms with van der Waals surface area (Å²) in [6, 6.07) is 6.20. The number of carbonyl (C=O) groups is 2. The Morgan fingerprint density at radius 1 is 1.36 bits per heavy atom. The molecule has 1 aromatic carbocycles. The van der Waals surface area contributed by atoms with E-state index in [2.05, 4.69) is 0 Å². The topological polar surface area (TPSA) is 89.8 Å². The number of nitrogens with zero attached hydrogens (tertiary/aromatic N) is 2. The molecule has 0 saturated carbocycles. The largest absolute Gasteiger partial charge is 0.452 e. The summed E-state index contributed by atoms with van der Waals surface area (Å²) in [4.78, 5) is 37.8. The number of rotatable bonds is 4. The predicted molar refractivity (Wildman–Crippen MR) is 91.6 cm³/mol. The van der Waals surface area contributed by atoms with Crippen molar-refractivity contribution in [2.24, 2.45) is 0 Å². The van der Waals surface area contributed by atoms with Crippen LogP contribution in [0.3, 0.4) is 0 Å². The van der Waals surface area contributed by atoms with Crippen LogP contribution in [0.5, 0.6) is 0 Å². The van der Waals surface area contributed by atoms with Gasteiger partial charge in [0.25, 0.3) is 11.6 Å². The average molecular weight is 360 g/mol. The third kappa shape index (κ3) is 3.53. The maximum absolute atomic E-state index is 12.3. The number of carbonyl (C=O) groups excluding carboxylic acids is 2. The molecule has 3 rings (SSSR count). The molecule has 7 nitrogen and oxygen atoms in total. The molecule has 0 N–H and O–H groups in total. The molecule has 1 amide bonds. The summed E-state index contributed by atoms with van der Waals surface area (Å²) in [5, 5.41) is 12.9. The predicted octanol–water partition coefficient (Wildman–Crippen LogP) is 2.71. The van der Waals surface area contributed by atoms with Gasteiger partial charge in [-0.1, -0.05) is 6.07 Å². The Labute approximate surface area is 148 Å². The van der Waals surface area contributed by atoms with Crippen LogP contribution in [0.15, 0.2) is 29.6 Å². The summed E-state index contributed by atoms with van der Waals surface area (Å²) in [5.41, 5.74) is 1.30. The molecule has 1 aromatic heterocycles. The maximum Gasteiger partial charge on any atom is 0.339 e. The van der Waals surface area contributed by atoms with Gasteiger partial charge in [0.1, 0.15) is 0 Å². The lowest BCUT2D eigenvalue weighted by molar-refractivity contribution is -0.385. The lowest BCUT2D eigenvalue weighted by atomic mass is 10.1. The van der Waals surface area contributed by atoms with Crippen LogP contribution >= 0.6 is 11.3 Å². The monoisotopic (exact) mass is 360 g/mol. The number of hydrogen-bond donors (Lipinski definition) is 0. The van der Waals surface area contributed by atoms with E-state index in [1.807, 2.05) is 11.4 Å². The van der Waals surface area contributed by atoms with Gasteiger partial charge in [-0.3, -0.25) is 14.9 Å². The van der Waals surface area contributed by atoms with E-state index in [4.69, 9.17) is 4.74 Å². The zero-order valence-corrected chi connectivity index (χ0v) is 14.4. The van der Waals surface area contributed by atoms with Crippen LogP contribution in [0.4, 0.5) is 5.69 Å². The van der Waals surface area contributed by atoms with Gasteiger partial charge in [-0.25, -0.2) is 4.79 Å². The summed E-state index contributed by atoms with van der Waals surface area (Å²) in [7, 11) is 0. The first-order valence-corrected chi connectivity index (χ1v) is 8.59. The van der Waals surface area contributed by atoms with Crippen molar-refractivity contribution >= 4 is 28.9 Å². The third-order valence-electron chi connectivity index (χ3n) is 4.21. The van der Waals surface area contributed by atoms with Crippen molar-refractivity contribution in [1.82, 2.24) is 4.90 Å². The summed E-state index contributed by atoms with van der Waals surface area (Å²) in [6.07, 6.45) is 0.802. The molecule has 2 heterocycles. The number of nitro benzene ring substituents is 1. The van der Waals surface area contributed by atoms with E-state index in [0.717, 1.165) is 12.0 Å². The van der Waals surface area contributed by atoms with E-state index in [9.17, 15) is 19.7 Å². The fraction of sp³-hybridized carbons (Fsp3) is 0.294. The van der Waals surface area contributed by atoms with E-state index in [1.54, 1.807) is 16.2 Å². The van der Waals surface area contributed by atoms with E-state index in [1.165, 1.54) is 30.0 Å². The molecular weight excluding hydrogens is 344 g/mol. The Bertz CT molecular complexity index is 845. The van der Waals surface area contributed by atoms with Gasteiger partial charge in [-0.2, -0.15) is 0 Å². The molecule has 2 aromatic rings. The first kappa shape index (κ1) is 17.1. The minimum atomic E-state index is -0.734. The Hall–Kier alpha value is -2.74.